The van der Waals surface area contributed by atoms with Gasteiger partial charge in [0.2, 0.25) is 5.91 Å². The van der Waals surface area contributed by atoms with Crippen LogP contribution in [-0.4, -0.2) is 55.2 Å². The number of anilines is 1. The Hall–Kier alpha value is -2.80. The number of rotatable bonds is 8. The molecule has 0 unspecified atom stereocenters. The second kappa shape index (κ2) is 11.7. The number of nitrogens with one attached hydrogen (secondary N) is 1. The molecular formula is C18H17N2O9PS2. The van der Waals surface area contributed by atoms with E-state index in [9.17, 15) is 18.9 Å². The number of carboxylic acids is 2. The smallest absolute Gasteiger partial charge is 0.470 e. The van der Waals surface area contributed by atoms with Crippen LogP contribution in [0, 0.1) is 0 Å². The number of benzene rings is 2. The fourth-order valence-electron chi connectivity index (χ4n) is 2.07. The molecule has 5 N–H and O–H groups in total. The summed E-state index contributed by atoms with van der Waals surface area (Å²) in [7, 11) is -4.60. The second-order valence-electron chi connectivity index (χ2n) is 5.82. The number of para-hydroxylation sites is 1. The van der Waals surface area contributed by atoms with Gasteiger partial charge in [0.25, 0.3) is 0 Å². The van der Waals surface area contributed by atoms with Crippen LogP contribution < -0.4 is 5.32 Å². The van der Waals surface area contributed by atoms with Crippen molar-refractivity contribution in [2.24, 2.45) is 0 Å². The zero-order chi connectivity index (χ0) is 23.7. The van der Waals surface area contributed by atoms with Crippen LogP contribution in [0.4, 0.5) is 5.69 Å². The Morgan fingerprint density at radius 2 is 1.72 bits per heavy atom. The van der Waals surface area contributed by atoms with E-state index < -0.39 is 26.4 Å². The lowest BCUT2D eigenvalue weighted by Gasteiger charge is -2.04. The van der Waals surface area contributed by atoms with E-state index in [1.165, 1.54) is 23.9 Å². The number of nitrogens with zero attached hydrogens (tertiary/aromatic N) is 1. The highest BCUT2D eigenvalue weighted by Gasteiger charge is 2.15. The standard InChI is InChI=1S/C16H12N2O3S2.C2H5O6P/c19-14(17-11-7-5-10(6-8-11)15(20)21)9-22-16-18-12-3-1-2-4-13(12)23-16;3-2(4)1-8-9(5,6)7/h1-8H,9H2,(H,17,19)(H,20,21);1H2,(H,3,4)(H2,5,6,7). The third-order valence-electron chi connectivity index (χ3n) is 3.37. The van der Waals surface area contributed by atoms with Gasteiger partial charge >= 0.3 is 19.8 Å². The first-order valence-corrected chi connectivity index (χ1v) is 11.9. The van der Waals surface area contributed by atoms with Crippen molar-refractivity contribution in [2.75, 3.05) is 17.7 Å². The number of aromatic carboxylic acids is 1. The number of thiazole rings is 1. The van der Waals surface area contributed by atoms with Crippen LogP contribution in [0.15, 0.2) is 52.9 Å². The first-order chi connectivity index (χ1) is 15.0. The van der Waals surface area contributed by atoms with Crippen molar-refractivity contribution >= 4 is 64.7 Å². The van der Waals surface area contributed by atoms with Gasteiger partial charge in [0.1, 0.15) is 0 Å². The minimum atomic E-state index is -4.60. The largest absolute Gasteiger partial charge is 0.480 e. The van der Waals surface area contributed by atoms with E-state index in [4.69, 9.17) is 20.0 Å². The van der Waals surface area contributed by atoms with Gasteiger partial charge < -0.3 is 25.3 Å². The number of fused-ring (bicyclic) bond motifs is 1. The zero-order valence-corrected chi connectivity index (χ0v) is 18.6. The highest BCUT2D eigenvalue weighted by atomic mass is 32.2. The number of carbonyl (C=O) groups is 3. The molecule has 1 amide bonds. The summed E-state index contributed by atoms with van der Waals surface area (Å²) in [5, 5.41) is 19.4. The molecule has 3 aromatic rings. The third kappa shape index (κ3) is 9.14. The summed E-state index contributed by atoms with van der Waals surface area (Å²) in [6, 6.07) is 13.9. The molecule has 0 radical (unpaired) electrons. The number of aliphatic carboxylic acids is 1. The van der Waals surface area contributed by atoms with E-state index in [-0.39, 0.29) is 17.2 Å². The topological polar surface area (TPSA) is 183 Å². The Bertz CT molecular complexity index is 1110. The number of aromatic nitrogens is 1. The molecule has 0 atom stereocenters. The Labute approximate surface area is 189 Å². The number of thioether (sulfide) groups is 1. The van der Waals surface area contributed by atoms with Crippen LogP contribution in [-0.2, 0) is 18.7 Å². The van der Waals surface area contributed by atoms with Crippen molar-refractivity contribution in [3.63, 3.8) is 0 Å². The van der Waals surface area contributed by atoms with Gasteiger partial charge in [0.15, 0.2) is 10.9 Å². The molecule has 0 aliphatic heterocycles. The van der Waals surface area contributed by atoms with Crippen LogP contribution >= 0.6 is 30.9 Å². The van der Waals surface area contributed by atoms with E-state index in [0.717, 1.165) is 14.6 Å². The van der Waals surface area contributed by atoms with E-state index >= 15 is 0 Å². The molecule has 0 fully saturated rings. The lowest BCUT2D eigenvalue weighted by atomic mass is 10.2. The van der Waals surface area contributed by atoms with Crippen LogP contribution in [0.3, 0.4) is 0 Å². The Kier molecular flexibility index (Phi) is 9.32. The number of phosphoric acid groups is 1. The van der Waals surface area contributed by atoms with Crippen molar-refractivity contribution in [1.29, 1.82) is 0 Å². The number of carbonyl (C=O) groups excluding carboxylic acids is 1. The van der Waals surface area contributed by atoms with E-state index in [1.807, 2.05) is 24.3 Å². The van der Waals surface area contributed by atoms with Crippen LogP contribution in [0.25, 0.3) is 10.2 Å². The van der Waals surface area contributed by atoms with E-state index in [1.54, 1.807) is 23.5 Å². The average molecular weight is 500 g/mol. The highest BCUT2D eigenvalue weighted by molar-refractivity contribution is 8.01. The summed E-state index contributed by atoms with van der Waals surface area (Å²) in [4.78, 5) is 52.5. The quantitative estimate of drug-likeness (QED) is 0.226. The Morgan fingerprint density at radius 1 is 1.06 bits per heavy atom. The number of hydrogen-bond acceptors (Lipinski definition) is 8. The lowest BCUT2D eigenvalue weighted by Crippen LogP contribution is -2.14. The van der Waals surface area contributed by atoms with Gasteiger partial charge in [-0.3, -0.25) is 9.32 Å². The van der Waals surface area contributed by atoms with Crippen molar-refractivity contribution in [3.8, 4) is 0 Å². The third-order valence-corrected chi connectivity index (χ3v) is 6.02. The fraction of sp³-hybridized carbons (Fsp3) is 0.111. The monoisotopic (exact) mass is 500 g/mol. The van der Waals surface area contributed by atoms with Gasteiger partial charge in [-0.05, 0) is 36.4 Å². The molecule has 32 heavy (non-hydrogen) atoms. The fourth-order valence-corrected chi connectivity index (χ4v) is 4.22. The molecule has 170 valence electrons. The van der Waals surface area contributed by atoms with Crippen molar-refractivity contribution < 1.29 is 43.5 Å². The molecule has 0 saturated heterocycles. The van der Waals surface area contributed by atoms with Crippen LogP contribution in [0.5, 0.6) is 0 Å². The Morgan fingerprint density at radius 3 is 2.25 bits per heavy atom. The normalized spacial score (nSPS) is 10.8. The first-order valence-electron chi connectivity index (χ1n) is 8.57. The second-order valence-corrected chi connectivity index (χ2v) is 9.32. The molecule has 14 heteroatoms. The molecule has 2 aromatic carbocycles. The SMILES string of the molecule is O=C(CSc1nc2ccccc2s1)Nc1ccc(C(=O)O)cc1.O=C(O)COP(=O)(O)O. The first kappa shape index (κ1) is 25.5. The number of hydrogen-bond donors (Lipinski definition) is 5. The summed E-state index contributed by atoms with van der Waals surface area (Å²) >= 11 is 2.94. The average Bonchev–Trinajstić information content (AvgIpc) is 3.14. The van der Waals surface area contributed by atoms with Gasteiger partial charge in [-0.2, -0.15) is 0 Å². The molecule has 0 bridgehead atoms. The van der Waals surface area contributed by atoms with E-state index in [2.05, 4.69) is 14.8 Å². The highest BCUT2D eigenvalue weighted by Crippen LogP contribution is 2.35. The summed E-state index contributed by atoms with van der Waals surface area (Å²) < 4.78 is 15.2. The maximum Gasteiger partial charge on any atom is 0.470 e. The van der Waals surface area contributed by atoms with Gasteiger partial charge in [-0.15, -0.1) is 11.3 Å². The molecule has 0 saturated carbocycles. The Balaban J connectivity index is 0.000000344. The molecule has 11 nitrogen and oxygen atoms in total. The maximum absolute atomic E-state index is 11.9. The molecule has 3 rings (SSSR count). The van der Waals surface area contributed by atoms with Crippen LogP contribution in [0.1, 0.15) is 10.4 Å². The van der Waals surface area contributed by atoms with Crippen LogP contribution in [0.2, 0.25) is 0 Å². The predicted molar refractivity (Wildman–Crippen MR) is 118 cm³/mol. The minimum absolute atomic E-state index is 0.155. The number of phosphoric ester groups is 1. The summed E-state index contributed by atoms with van der Waals surface area (Å²) in [5.41, 5.74) is 1.70. The lowest BCUT2D eigenvalue weighted by molar-refractivity contribution is -0.139. The van der Waals surface area contributed by atoms with Gasteiger partial charge in [0.05, 0.1) is 21.5 Å². The molecule has 0 aliphatic rings. The predicted octanol–water partition coefficient (Wildman–Crippen LogP) is 2.91. The minimum Gasteiger partial charge on any atom is -0.480 e. The van der Waals surface area contributed by atoms with Gasteiger partial charge in [-0.25, -0.2) is 19.1 Å². The van der Waals surface area contributed by atoms with Gasteiger partial charge in [-0.1, -0.05) is 23.9 Å². The zero-order valence-electron chi connectivity index (χ0n) is 16.1. The van der Waals surface area contributed by atoms with Gasteiger partial charge in [0, 0.05) is 5.69 Å². The summed E-state index contributed by atoms with van der Waals surface area (Å²) in [6.45, 7) is -0.982. The molecular weight excluding hydrogens is 483 g/mol. The molecule has 1 aromatic heterocycles. The van der Waals surface area contributed by atoms with Crippen molar-refractivity contribution in [2.45, 2.75) is 4.34 Å². The molecule has 1 heterocycles. The number of carboxylic acid groups (broad SMARTS) is 2. The van der Waals surface area contributed by atoms with Crippen molar-refractivity contribution in [1.82, 2.24) is 4.98 Å². The van der Waals surface area contributed by atoms with Crippen molar-refractivity contribution in [3.05, 3.63) is 54.1 Å². The maximum atomic E-state index is 11.9. The number of amides is 1. The summed E-state index contributed by atoms with van der Waals surface area (Å²) in [5.74, 6) is -2.31. The molecule has 0 aliphatic carbocycles. The molecule has 0 spiro atoms. The summed E-state index contributed by atoms with van der Waals surface area (Å²) in [6.07, 6.45) is 0. The van der Waals surface area contributed by atoms with E-state index in [0.29, 0.717) is 5.69 Å².